The second kappa shape index (κ2) is 5.27. The second-order valence-corrected chi connectivity index (χ2v) is 3.37. The lowest BCUT2D eigenvalue weighted by atomic mass is 10.2. The normalized spacial score (nSPS) is 10.1. The van der Waals surface area contributed by atoms with E-state index >= 15 is 0 Å². The summed E-state index contributed by atoms with van der Waals surface area (Å²) in [6.45, 7) is 1.73. The number of hydrogen-bond acceptors (Lipinski definition) is 2. The average molecular weight is 197 g/mol. The Morgan fingerprint density at radius 1 is 1.07 bits per heavy atom. The number of benzene rings is 1. The van der Waals surface area contributed by atoms with Crippen molar-refractivity contribution in [1.82, 2.24) is 10.3 Å². The van der Waals surface area contributed by atoms with Gasteiger partial charge in [0.1, 0.15) is 0 Å². The molecule has 0 atom stereocenters. The van der Waals surface area contributed by atoms with Crippen LogP contribution in [0.2, 0.25) is 0 Å². The van der Waals surface area contributed by atoms with E-state index in [1.54, 1.807) is 6.20 Å². The molecular formula is C13H13N2. The molecule has 0 aliphatic heterocycles. The molecule has 0 aliphatic rings. The third-order valence-corrected chi connectivity index (χ3v) is 2.17. The van der Waals surface area contributed by atoms with E-state index in [0.717, 1.165) is 13.1 Å². The van der Waals surface area contributed by atoms with Gasteiger partial charge in [-0.15, -0.1) is 0 Å². The van der Waals surface area contributed by atoms with Gasteiger partial charge in [-0.1, -0.05) is 30.3 Å². The molecule has 2 heteroatoms. The van der Waals surface area contributed by atoms with E-state index in [9.17, 15) is 0 Å². The number of aromatic nitrogens is 1. The van der Waals surface area contributed by atoms with Gasteiger partial charge in [0.05, 0.1) is 0 Å². The molecule has 1 radical (unpaired) electrons. The molecule has 2 rings (SSSR count). The molecule has 1 heterocycles. The standard InChI is InChI=1S/C13H13N2/c1-2-5-12(6-3-1)9-15-11-13-7-4-8-14-10-13/h2-8,10,15H,9,11H2. The maximum Gasteiger partial charge on any atom is 0.0312 e. The van der Waals surface area contributed by atoms with Crippen molar-refractivity contribution >= 4 is 0 Å². The van der Waals surface area contributed by atoms with Crippen LogP contribution in [0.5, 0.6) is 0 Å². The fraction of sp³-hybridized carbons (Fsp3) is 0.154. The van der Waals surface area contributed by atoms with Gasteiger partial charge in [0, 0.05) is 25.5 Å². The molecule has 1 N–H and O–H groups in total. The summed E-state index contributed by atoms with van der Waals surface area (Å²) in [6, 6.07) is 15.0. The van der Waals surface area contributed by atoms with Gasteiger partial charge < -0.3 is 5.32 Å². The zero-order valence-corrected chi connectivity index (χ0v) is 8.48. The van der Waals surface area contributed by atoms with Crippen molar-refractivity contribution in [1.29, 1.82) is 0 Å². The summed E-state index contributed by atoms with van der Waals surface area (Å²) in [5, 5.41) is 3.36. The Labute approximate surface area is 90.0 Å². The van der Waals surface area contributed by atoms with Crippen LogP contribution in [-0.4, -0.2) is 4.98 Å². The molecule has 0 spiro atoms. The van der Waals surface area contributed by atoms with Crippen LogP contribution in [0.4, 0.5) is 0 Å². The number of rotatable bonds is 4. The van der Waals surface area contributed by atoms with Crippen LogP contribution in [-0.2, 0) is 13.1 Å². The van der Waals surface area contributed by atoms with Crippen molar-refractivity contribution in [3.8, 4) is 0 Å². The molecule has 0 unspecified atom stereocenters. The van der Waals surface area contributed by atoms with Crippen molar-refractivity contribution in [2.75, 3.05) is 0 Å². The van der Waals surface area contributed by atoms with Gasteiger partial charge in [0.15, 0.2) is 0 Å². The molecule has 2 aromatic rings. The van der Waals surface area contributed by atoms with Crippen LogP contribution < -0.4 is 5.32 Å². The van der Waals surface area contributed by atoms with E-state index in [0.29, 0.717) is 0 Å². The first-order chi connectivity index (χ1) is 7.45. The molecule has 0 aliphatic carbocycles. The van der Waals surface area contributed by atoms with Gasteiger partial charge in [-0.25, -0.2) is 0 Å². The van der Waals surface area contributed by atoms with E-state index in [4.69, 9.17) is 0 Å². The highest BCUT2D eigenvalue weighted by Gasteiger charge is 1.92. The smallest absolute Gasteiger partial charge is 0.0312 e. The molecule has 0 saturated heterocycles. The SMILES string of the molecule is [c]1ccc(CNCc2cccnc2)cc1. The predicted octanol–water partition coefficient (Wildman–Crippen LogP) is 2.17. The molecule has 2 nitrogen and oxygen atoms in total. The number of hydrogen-bond donors (Lipinski definition) is 1. The van der Waals surface area contributed by atoms with Crippen LogP contribution in [0.1, 0.15) is 11.1 Å². The minimum absolute atomic E-state index is 0.854. The highest BCUT2D eigenvalue weighted by atomic mass is 14.8. The second-order valence-electron chi connectivity index (χ2n) is 3.37. The zero-order valence-electron chi connectivity index (χ0n) is 8.48. The fourth-order valence-corrected chi connectivity index (χ4v) is 1.39. The van der Waals surface area contributed by atoms with Crippen molar-refractivity contribution in [2.24, 2.45) is 0 Å². The Morgan fingerprint density at radius 3 is 2.60 bits per heavy atom. The number of nitrogens with zero attached hydrogens (tertiary/aromatic N) is 1. The summed E-state index contributed by atoms with van der Waals surface area (Å²) in [6.07, 6.45) is 3.67. The van der Waals surface area contributed by atoms with Crippen LogP contribution >= 0.6 is 0 Å². The lowest BCUT2D eigenvalue weighted by molar-refractivity contribution is 0.691. The van der Waals surface area contributed by atoms with Crippen molar-refractivity contribution in [3.63, 3.8) is 0 Å². The number of nitrogens with one attached hydrogen (secondary N) is 1. The summed E-state index contributed by atoms with van der Waals surface area (Å²) in [5.74, 6) is 0. The van der Waals surface area contributed by atoms with Crippen molar-refractivity contribution in [2.45, 2.75) is 13.1 Å². The summed E-state index contributed by atoms with van der Waals surface area (Å²) < 4.78 is 0. The molecule has 1 aromatic carbocycles. The first kappa shape index (κ1) is 9.87. The van der Waals surface area contributed by atoms with E-state index in [2.05, 4.69) is 34.6 Å². The Bertz CT molecular complexity index is 344. The fourth-order valence-electron chi connectivity index (χ4n) is 1.39. The van der Waals surface area contributed by atoms with Crippen LogP contribution in [0, 0.1) is 6.07 Å². The molecule has 0 fully saturated rings. The van der Waals surface area contributed by atoms with E-state index in [1.165, 1.54) is 11.1 Å². The maximum absolute atomic E-state index is 4.07. The molecule has 0 saturated carbocycles. The van der Waals surface area contributed by atoms with Crippen LogP contribution in [0.3, 0.4) is 0 Å². The summed E-state index contributed by atoms with van der Waals surface area (Å²) >= 11 is 0. The molecular weight excluding hydrogens is 184 g/mol. The summed E-state index contributed by atoms with van der Waals surface area (Å²) in [4.78, 5) is 4.07. The maximum atomic E-state index is 4.07. The van der Waals surface area contributed by atoms with E-state index in [-0.39, 0.29) is 0 Å². The van der Waals surface area contributed by atoms with Gasteiger partial charge in [0.25, 0.3) is 0 Å². The van der Waals surface area contributed by atoms with Crippen molar-refractivity contribution < 1.29 is 0 Å². The van der Waals surface area contributed by atoms with Gasteiger partial charge in [-0.2, -0.15) is 0 Å². The Balaban J connectivity index is 1.81. The molecule has 0 amide bonds. The van der Waals surface area contributed by atoms with Gasteiger partial charge in [0.2, 0.25) is 0 Å². The average Bonchev–Trinajstić information content (AvgIpc) is 2.32. The topological polar surface area (TPSA) is 24.9 Å². The number of pyridine rings is 1. The van der Waals surface area contributed by atoms with Crippen LogP contribution in [0.25, 0.3) is 0 Å². The van der Waals surface area contributed by atoms with Gasteiger partial charge >= 0.3 is 0 Å². The Morgan fingerprint density at radius 2 is 1.87 bits per heavy atom. The predicted molar refractivity (Wildman–Crippen MR) is 60.1 cm³/mol. The first-order valence-corrected chi connectivity index (χ1v) is 5.00. The minimum Gasteiger partial charge on any atom is -0.309 e. The minimum atomic E-state index is 0.854. The van der Waals surface area contributed by atoms with Gasteiger partial charge in [-0.3, -0.25) is 4.98 Å². The monoisotopic (exact) mass is 197 g/mol. The zero-order chi connectivity index (χ0) is 10.3. The lowest BCUT2D eigenvalue weighted by Gasteiger charge is -2.04. The highest BCUT2D eigenvalue weighted by molar-refractivity contribution is 5.14. The van der Waals surface area contributed by atoms with E-state index < -0.39 is 0 Å². The Hall–Kier alpha value is -1.67. The molecule has 15 heavy (non-hydrogen) atoms. The highest BCUT2D eigenvalue weighted by Crippen LogP contribution is 1.99. The Kier molecular flexibility index (Phi) is 3.47. The summed E-state index contributed by atoms with van der Waals surface area (Å²) in [7, 11) is 0. The third-order valence-electron chi connectivity index (χ3n) is 2.17. The lowest BCUT2D eigenvalue weighted by Crippen LogP contribution is -2.12. The molecule has 1 aromatic heterocycles. The molecule has 75 valence electrons. The molecule has 0 bridgehead atoms. The largest absolute Gasteiger partial charge is 0.309 e. The first-order valence-electron chi connectivity index (χ1n) is 5.00. The summed E-state index contributed by atoms with van der Waals surface area (Å²) in [5.41, 5.74) is 2.48. The third kappa shape index (κ3) is 3.18. The van der Waals surface area contributed by atoms with Crippen molar-refractivity contribution in [3.05, 3.63) is 66.0 Å². The van der Waals surface area contributed by atoms with Gasteiger partial charge in [-0.05, 0) is 23.3 Å². The quantitative estimate of drug-likeness (QED) is 0.812. The van der Waals surface area contributed by atoms with Crippen LogP contribution in [0.15, 0.2) is 48.8 Å². The van der Waals surface area contributed by atoms with E-state index in [1.807, 2.05) is 24.4 Å².